The fraction of sp³-hybridized carbons (Fsp3) is 0.600. The Bertz CT molecular complexity index is 162. The minimum absolute atomic E-state index is 0.910. The highest BCUT2D eigenvalue weighted by Gasteiger charge is 1.89. The first-order valence-corrected chi connectivity index (χ1v) is 2.93. The molecule has 0 amide bonds. The van der Waals surface area contributed by atoms with E-state index in [0.717, 1.165) is 18.5 Å². The summed E-state index contributed by atoms with van der Waals surface area (Å²) in [5.74, 6) is 0. The van der Waals surface area contributed by atoms with Crippen molar-refractivity contribution >= 4 is 0 Å². The Morgan fingerprint density at radius 1 is 1.44 bits per heavy atom. The topological polar surface area (TPSA) is 51.6 Å². The van der Waals surface area contributed by atoms with Crippen LogP contribution in [-0.4, -0.2) is 20.6 Å². The molecule has 0 radical (unpaired) electrons. The molecule has 9 heavy (non-hydrogen) atoms. The van der Waals surface area contributed by atoms with Crippen LogP contribution in [0, 0.1) is 0 Å². The maximum absolute atomic E-state index is 3.74. The Balaban J connectivity index is 2.61. The van der Waals surface area contributed by atoms with Gasteiger partial charge >= 0.3 is 0 Å². The van der Waals surface area contributed by atoms with Crippen LogP contribution in [0.5, 0.6) is 0 Å². The van der Waals surface area contributed by atoms with Gasteiger partial charge in [-0.2, -0.15) is 0 Å². The highest BCUT2D eigenvalue weighted by atomic mass is 15.4. The van der Waals surface area contributed by atoms with E-state index in [0.29, 0.717) is 0 Å². The Hall–Kier alpha value is -1.06. The molecule has 0 aliphatic rings. The predicted octanol–water partition coefficient (Wildman–Crippen LogP) is 0.219. The summed E-state index contributed by atoms with van der Waals surface area (Å²) in [6, 6.07) is 0. The molecule has 0 fully saturated rings. The Morgan fingerprint density at radius 2 is 2.33 bits per heavy atom. The van der Waals surface area contributed by atoms with Gasteiger partial charge in [-0.15, -0.1) is 10.2 Å². The molecule has 48 valence electrons. The first-order chi connectivity index (χ1) is 4.43. The summed E-state index contributed by atoms with van der Waals surface area (Å²) in [5.41, 5.74) is 0.910. The van der Waals surface area contributed by atoms with E-state index in [1.54, 1.807) is 6.20 Å². The van der Waals surface area contributed by atoms with Gasteiger partial charge in [0.15, 0.2) is 0 Å². The molecule has 0 bridgehead atoms. The van der Waals surface area contributed by atoms with Crippen molar-refractivity contribution in [3.05, 3.63) is 11.9 Å². The van der Waals surface area contributed by atoms with E-state index in [4.69, 9.17) is 0 Å². The van der Waals surface area contributed by atoms with Gasteiger partial charge in [-0.05, 0) is 16.8 Å². The Labute approximate surface area is 53.3 Å². The van der Waals surface area contributed by atoms with Gasteiger partial charge in [0, 0.05) is 0 Å². The van der Waals surface area contributed by atoms with E-state index in [2.05, 4.69) is 27.5 Å². The summed E-state index contributed by atoms with van der Waals surface area (Å²) in [5, 5.41) is 14.0. The lowest BCUT2D eigenvalue weighted by Crippen LogP contribution is -1.95. The van der Waals surface area contributed by atoms with E-state index in [1.165, 1.54) is 0 Å². The van der Waals surface area contributed by atoms with Gasteiger partial charge in [-0.3, -0.25) is 0 Å². The van der Waals surface area contributed by atoms with Crippen LogP contribution < -0.4 is 0 Å². The number of aromatic nitrogens is 4. The number of hydrogen-bond acceptors (Lipinski definition) is 4. The van der Waals surface area contributed by atoms with Crippen molar-refractivity contribution in [3.63, 3.8) is 0 Å². The molecule has 0 aromatic carbocycles. The summed E-state index contributed by atoms with van der Waals surface area (Å²) >= 11 is 0. The third kappa shape index (κ3) is 1.71. The number of rotatable bonds is 2. The summed E-state index contributed by atoms with van der Waals surface area (Å²) in [4.78, 5) is 0. The van der Waals surface area contributed by atoms with Crippen LogP contribution in [0.4, 0.5) is 0 Å². The quantitative estimate of drug-likeness (QED) is 0.566. The molecule has 0 aliphatic carbocycles. The molecule has 4 nitrogen and oxygen atoms in total. The van der Waals surface area contributed by atoms with Gasteiger partial charge in [0.1, 0.15) is 0 Å². The van der Waals surface area contributed by atoms with Gasteiger partial charge in [0.2, 0.25) is 0 Å². The lowest BCUT2D eigenvalue weighted by atomic mass is 10.3. The van der Waals surface area contributed by atoms with Crippen molar-refractivity contribution in [2.24, 2.45) is 0 Å². The van der Waals surface area contributed by atoms with Crippen molar-refractivity contribution in [3.8, 4) is 0 Å². The van der Waals surface area contributed by atoms with Crippen LogP contribution in [0.3, 0.4) is 0 Å². The second-order valence-corrected chi connectivity index (χ2v) is 1.76. The molecule has 4 heteroatoms. The molecular formula is C5H8N4. The fourth-order valence-electron chi connectivity index (χ4n) is 0.590. The first-order valence-electron chi connectivity index (χ1n) is 2.93. The Morgan fingerprint density at radius 3 is 2.89 bits per heavy atom. The van der Waals surface area contributed by atoms with Crippen LogP contribution in [0.2, 0.25) is 0 Å². The van der Waals surface area contributed by atoms with E-state index in [-0.39, 0.29) is 0 Å². The second kappa shape index (κ2) is 3.06. The maximum atomic E-state index is 3.74. The van der Waals surface area contributed by atoms with Crippen LogP contribution in [0.15, 0.2) is 6.20 Å². The summed E-state index contributed by atoms with van der Waals surface area (Å²) in [6.07, 6.45) is 3.64. The third-order valence-electron chi connectivity index (χ3n) is 0.978. The van der Waals surface area contributed by atoms with E-state index in [1.807, 2.05) is 0 Å². The minimum atomic E-state index is 0.910. The molecule has 1 aromatic rings. The average molecular weight is 124 g/mol. The highest BCUT2D eigenvalue weighted by molar-refractivity contribution is 4.87. The third-order valence-corrected chi connectivity index (χ3v) is 0.978. The van der Waals surface area contributed by atoms with E-state index >= 15 is 0 Å². The lowest BCUT2D eigenvalue weighted by Gasteiger charge is -1.89. The number of aryl methyl sites for hydroxylation is 1. The van der Waals surface area contributed by atoms with Gasteiger partial charge in [-0.25, -0.2) is 0 Å². The molecule has 1 aromatic heterocycles. The summed E-state index contributed by atoms with van der Waals surface area (Å²) < 4.78 is 0. The normalized spacial score (nSPS) is 9.44. The largest absolute Gasteiger partial charge is 0.135 e. The fourth-order valence-corrected chi connectivity index (χ4v) is 0.590. The average Bonchev–Trinajstić information content (AvgIpc) is 1.91. The smallest absolute Gasteiger partial charge is 0.0850 e. The first kappa shape index (κ1) is 6.07. The van der Waals surface area contributed by atoms with Gasteiger partial charge in [-0.1, -0.05) is 13.3 Å². The van der Waals surface area contributed by atoms with Crippen LogP contribution >= 0.6 is 0 Å². The second-order valence-electron chi connectivity index (χ2n) is 1.76. The zero-order chi connectivity index (χ0) is 6.53. The molecule has 0 unspecified atom stereocenters. The number of nitrogens with zero attached hydrogens (tertiary/aromatic N) is 4. The monoisotopic (exact) mass is 124 g/mol. The van der Waals surface area contributed by atoms with Gasteiger partial charge in [0.05, 0.1) is 11.9 Å². The van der Waals surface area contributed by atoms with Crippen LogP contribution in [0.25, 0.3) is 0 Å². The summed E-state index contributed by atoms with van der Waals surface area (Å²) in [7, 11) is 0. The molecular weight excluding hydrogens is 116 g/mol. The van der Waals surface area contributed by atoms with Crippen molar-refractivity contribution in [2.45, 2.75) is 19.8 Å². The molecule has 1 rings (SSSR count). The summed E-state index contributed by atoms with van der Waals surface area (Å²) in [6.45, 7) is 2.09. The van der Waals surface area contributed by atoms with E-state index < -0.39 is 0 Å². The van der Waals surface area contributed by atoms with Crippen LogP contribution in [0.1, 0.15) is 19.0 Å². The standard InChI is InChI=1S/C5H8N4/c1-2-3-5-4-6-8-9-7-5/h4H,2-3H2,1H3. The molecule has 0 N–H and O–H groups in total. The minimum Gasteiger partial charge on any atom is -0.135 e. The molecule has 0 saturated heterocycles. The van der Waals surface area contributed by atoms with Crippen molar-refractivity contribution < 1.29 is 0 Å². The SMILES string of the molecule is CCCc1cnnnn1. The lowest BCUT2D eigenvalue weighted by molar-refractivity contribution is 0.710. The van der Waals surface area contributed by atoms with Crippen molar-refractivity contribution in [1.82, 2.24) is 20.6 Å². The van der Waals surface area contributed by atoms with Gasteiger partial charge in [0.25, 0.3) is 0 Å². The van der Waals surface area contributed by atoms with Crippen molar-refractivity contribution in [1.29, 1.82) is 0 Å². The number of hydrogen-bond donors (Lipinski definition) is 0. The Kier molecular flexibility index (Phi) is 2.06. The van der Waals surface area contributed by atoms with E-state index in [9.17, 15) is 0 Å². The highest BCUT2D eigenvalue weighted by Crippen LogP contribution is 1.91. The van der Waals surface area contributed by atoms with Crippen molar-refractivity contribution in [2.75, 3.05) is 0 Å². The molecule has 0 spiro atoms. The zero-order valence-electron chi connectivity index (χ0n) is 5.28. The maximum Gasteiger partial charge on any atom is 0.0850 e. The predicted molar refractivity (Wildman–Crippen MR) is 31.6 cm³/mol. The van der Waals surface area contributed by atoms with Gasteiger partial charge < -0.3 is 0 Å². The molecule has 1 heterocycles. The molecule has 0 saturated carbocycles. The zero-order valence-corrected chi connectivity index (χ0v) is 5.28. The molecule has 0 aliphatic heterocycles. The molecule has 0 atom stereocenters. The van der Waals surface area contributed by atoms with Crippen LogP contribution in [-0.2, 0) is 6.42 Å².